The minimum atomic E-state index is -0.260. The van der Waals surface area contributed by atoms with Gasteiger partial charge >= 0.3 is 0 Å². The molecule has 0 bridgehead atoms. The molecule has 1 fully saturated rings. The van der Waals surface area contributed by atoms with E-state index in [0.717, 1.165) is 41.4 Å². The molecule has 0 spiro atoms. The van der Waals surface area contributed by atoms with Gasteiger partial charge in [-0.05, 0) is 25.5 Å². The number of nitrogens with one attached hydrogen (secondary N) is 2. The summed E-state index contributed by atoms with van der Waals surface area (Å²) in [5, 5.41) is 3.95. The lowest BCUT2D eigenvalue weighted by Crippen LogP contribution is -3.14. The maximum Gasteiger partial charge on any atom is 0.273 e. The molecule has 3 aromatic rings. The van der Waals surface area contributed by atoms with E-state index in [0.29, 0.717) is 12.2 Å². The van der Waals surface area contributed by atoms with Gasteiger partial charge < -0.3 is 10.2 Å². The van der Waals surface area contributed by atoms with Crippen LogP contribution in [0.4, 0.5) is 0 Å². The molecule has 0 radical (unpaired) electrons. The Hall–Kier alpha value is -2.67. The number of carbonyl (C=O) groups excluding carboxylic acids is 1. The van der Waals surface area contributed by atoms with Gasteiger partial charge in [-0.2, -0.15) is 4.98 Å². The van der Waals surface area contributed by atoms with E-state index in [-0.39, 0.29) is 18.0 Å². The van der Waals surface area contributed by atoms with E-state index in [1.165, 1.54) is 25.6 Å². The number of para-hydroxylation sites is 1. The molecule has 1 saturated heterocycles. The number of rotatable bonds is 6. The Morgan fingerprint density at radius 2 is 1.97 bits per heavy atom. The molecule has 30 heavy (non-hydrogen) atoms. The van der Waals surface area contributed by atoms with Crippen molar-refractivity contribution in [2.24, 2.45) is 11.8 Å². The van der Waals surface area contributed by atoms with Crippen molar-refractivity contribution in [1.82, 2.24) is 19.5 Å². The van der Waals surface area contributed by atoms with Crippen LogP contribution in [0.25, 0.3) is 16.6 Å². The van der Waals surface area contributed by atoms with Crippen LogP contribution in [0.3, 0.4) is 0 Å². The lowest BCUT2D eigenvalue weighted by atomic mass is 9.92. The second kappa shape index (κ2) is 8.60. The van der Waals surface area contributed by atoms with Crippen LogP contribution in [0.15, 0.2) is 35.1 Å². The number of nitrogens with zero attached hydrogens (tertiary/aromatic N) is 3. The molecule has 0 saturated carbocycles. The van der Waals surface area contributed by atoms with Crippen molar-refractivity contribution in [2.75, 3.05) is 26.2 Å². The van der Waals surface area contributed by atoms with Gasteiger partial charge in [0.15, 0.2) is 5.65 Å². The highest BCUT2D eigenvalue weighted by Gasteiger charge is 2.24. The maximum absolute atomic E-state index is 12.7. The van der Waals surface area contributed by atoms with Gasteiger partial charge in [0, 0.05) is 41.9 Å². The summed E-state index contributed by atoms with van der Waals surface area (Å²) in [6, 6.07) is 9.26. The van der Waals surface area contributed by atoms with Crippen molar-refractivity contribution in [3.8, 4) is 0 Å². The summed E-state index contributed by atoms with van der Waals surface area (Å²) < 4.78 is 3.77. The van der Waals surface area contributed by atoms with Gasteiger partial charge in [0.25, 0.3) is 5.56 Å². The summed E-state index contributed by atoms with van der Waals surface area (Å²) in [5.74, 6) is 1.56. The number of hydrogen-bond acceptors (Lipinski definition) is 3. The van der Waals surface area contributed by atoms with E-state index < -0.39 is 0 Å². The first-order chi connectivity index (χ1) is 14.4. The largest absolute Gasteiger partial charge is 0.354 e. The monoisotopic (exact) mass is 410 g/mol. The van der Waals surface area contributed by atoms with Crippen LogP contribution < -0.4 is 15.8 Å². The number of aromatic nitrogens is 3. The standard InChI is InChI=1S/C23H31N5O2/c1-16-11-17(2)14-26(13-16)10-6-9-24-22(30)15-27-20-8-5-4-7-19(20)23-25-21(29)12-18(3)28(23)27/h4-5,7-8,12,16-17H,6,9-11,13-15H2,1-3H3,(H,24,30)/p+1. The molecule has 2 atom stereocenters. The van der Waals surface area contributed by atoms with Crippen LogP contribution >= 0.6 is 0 Å². The molecule has 1 aliphatic rings. The lowest BCUT2D eigenvalue weighted by Gasteiger charge is -2.32. The molecule has 160 valence electrons. The van der Waals surface area contributed by atoms with E-state index >= 15 is 0 Å². The highest BCUT2D eigenvalue weighted by molar-refractivity contribution is 5.93. The molecular formula is C23H32N5O2+. The smallest absolute Gasteiger partial charge is 0.273 e. The third-order valence-electron chi connectivity index (χ3n) is 6.15. The molecule has 2 unspecified atom stereocenters. The lowest BCUT2D eigenvalue weighted by molar-refractivity contribution is -0.912. The van der Waals surface area contributed by atoms with Crippen molar-refractivity contribution in [2.45, 2.75) is 40.2 Å². The summed E-state index contributed by atoms with van der Waals surface area (Å²) >= 11 is 0. The van der Waals surface area contributed by atoms with Gasteiger partial charge in [0.2, 0.25) is 5.91 Å². The number of piperidine rings is 1. The number of aryl methyl sites for hydroxylation is 1. The quantitative estimate of drug-likeness (QED) is 0.596. The van der Waals surface area contributed by atoms with E-state index in [1.54, 1.807) is 4.90 Å². The molecule has 3 heterocycles. The second-order valence-electron chi connectivity index (χ2n) is 9.00. The average molecular weight is 411 g/mol. The number of hydrogen-bond donors (Lipinski definition) is 2. The van der Waals surface area contributed by atoms with Crippen molar-refractivity contribution in [1.29, 1.82) is 0 Å². The Morgan fingerprint density at radius 3 is 2.73 bits per heavy atom. The zero-order valence-corrected chi connectivity index (χ0v) is 18.1. The first-order valence-corrected chi connectivity index (χ1v) is 11.0. The maximum atomic E-state index is 12.7. The summed E-state index contributed by atoms with van der Waals surface area (Å²) in [6.07, 6.45) is 2.32. The SMILES string of the molecule is Cc1cc(=O)nc2c3ccccc3n(CC(=O)NCCC[NH+]3CC(C)CC(C)C3)n12. The number of benzene rings is 1. The molecule has 1 aromatic carbocycles. The van der Waals surface area contributed by atoms with Crippen LogP contribution in [0, 0.1) is 18.8 Å². The predicted octanol–water partition coefficient (Wildman–Crippen LogP) is 1.02. The number of likely N-dealkylation sites (tertiary alicyclic amines) is 1. The molecular weight excluding hydrogens is 378 g/mol. The van der Waals surface area contributed by atoms with E-state index in [2.05, 4.69) is 24.1 Å². The third kappa shape index (κ3) is 4.26. The fourth-order valence-electron chi connectivity index (χ4n) is 5.11. The normalized spacial score (nSPS) is 21.9. The first-order valence-electron chi connectivity index (χ1n) is 11.0. The number of amides is 1. The van der Waals surface area contributed by atoms with Gasteiger partial charge in [0.05, 0.1) is 25.2 Å². The molecule has 7 heteroatoms. The van der Waals surface area contributed by atoms with Crippen molar-refractivity contribution < 1.29 is 9.69 Å². The van der Waals surface area contributed by atoms with Gasteiger partial charge in [-0.1, -0.05) is 26.0 Å². The summed E-state index contributed by atoms with van der Waals surface area (Å²) in [6.45, 7) is 11.0. The summed E-state index contributed by atoms with van der Waals surface area (Å²) in [4.78, 5) is 30.4. The van der Waals surface area contributed by atoms with E-state index in [9.17, 15) is 9.59 Å². The van der Waals surface area contributed by atoms with Crippen LogP contribution in [0.5, 0.6) is 0 Å². The van der Waals surface area contributed by atoms with Crippen LogP contribution in [0.2, 0.25) is 0 Å². The van der Waals surface area contributed by atoms with Gasteiger partial charge in [-0.3, -0.25) is 14.3 Å². The van der Waals surface area contributed by atoms with Gasteiger partial charge in [0.1, 0.15) is 6.54 Å². The number of fused-ring (bicyclic) bond motifs is 3. The highest BCUT2D eigenvalue weighted by atomic mass is 16.2. The first kappa shape index (κ1) is 20.6. The van der Waals surface area contributed by atoms with Crippen LogP contribution in [0.1, 0.15) is 32.4 Å². The van der Waals surface area contributed by atoms with Crippen LogP contribution in [-0.4, -0.2) is 46.3 Å². The molecule has 2 aromatic heterocycles. The van der Waals surface area contributed by atoms with Crippen LogP contribution in [-0.2, 0) is 11.3 Å². The predicted molar refractivity (Wildman–Crippen MR) is 118 cm³/mol. The van der Waals surface area contributed by atoms with Crippen molar-refractivity contribution >= 4 is 22.5 Å². The number of carbonyl (C=O) groups is 1. The number of quaternary nitrogens is 1. The molecule has 1 amide bonds. The fraction of sp³-hybridized carbons (Fsp3) is 0.522. The van der Waals surface area contributed by atoms with Gasteiger partial charge in [-0.15, -0.1) is 0 Å². The fourth-order valence-corrected chi connectivity index (χ4v) is 5.11. The molecule has 2 N–H and O–H groups in total. The molecule has 4 rings (SSSR count). The topological polar surface area (TPSA) is 72.8 Å². The highest BCUT2D eigenvalue weighted by Crippen LogP contribution is 2.21. The molecule has 0 aliphatic carbocycles. The molecule has 1 aliphatic heterocycles. The minimum absolute atomic E-state index is 0.0221. The Morgan fingerprint density at radius 1 is 1.23 bits per heavy atom. The second-order valence-corrected chi connectivity index (χ2v) is 9.00. The van der Waals surface area contributed by atoms with Crippen molar-refractivity contribution in [3.05, 3.63) is 46.4 Å². The third-order valence-corrected chi connectivity index (χ3v) is 6.15. The molecule has 7 nitrogen and oxygen atoms in total. The summed E-state index contributed by atoms with van der Waals surface area (Å²) in [7, 11) is 0. The zero-order chi connectivity index (χ0) is 21.3. The Balaban J connectivity index is 1.42. The Kier molecular flexibility index (Phi) is 5.90. The minimum Gasteiger partial charge on any atom is -0.354 e. The summed E-state index contributed by atoms with van der Waals surface area (Å²) in [5.41, 5.74) is 2.00. The Labute approximate surface area is 176 Å². The van der Waals surface area contributed by atoms with E-state index in [4.69, 9.17) is 0 Å². The Bertz CT molecular complexity index is 1110. The van der Waals surface area contributed by atoms with Crippen molar-refractivity contribution in [3.63, 3.8) is 0 Å². The van der Waals surface area contributed by atoms with E-state index in [1.807, 2.05) is 40.4 Å². The average Bonchev–Trinajstić information content (AvgIpc) is 2.99. The van der Waals surface area contributed by atoms with Gasteiger partial charge in [-0.25, -0.2) is 4.52 Å². The zero-order valence-electron chi connectivity index (χ0n) is 18.1.